The van der Waals surface area contributed by atoms with Crippen LogP contribution < -0.4 is 14.9 Å². The van der Waals surface area contributed by atoms with Crippen LogP contribution >= 0.6 is 0 Å². The molecule has 33 heavy (non-hydrogen) atoms. The van der Waals surface area contributed by atoms with E-state index in [4.69, 9.17) is 13.9 Å². The number of nitro groups is 1. The molecular formula is C25H19NO7. The minimum atomic E-state index is -0.584. The van der Waals surface area contributed by atoms with Gasteiger partial charge in [0.2, 0.25) is 11.2 Å². The number of hydrogen-bond donors (Lipinski definition) is 0. The number of carbonyl (C=O) groups is 1. The second kappa shape index (κ2) is 8.96. The summed E-state index contributed by atoms with van der Waals surface area (Å²) in [5.41, 5.74) is 1.35. The minimum absolute atomic E-state index is 0.107. The van der Waals surface area contributed by atoms with E-state index < -0.39 is 22.7 Å². The van der Waals surface area contributed by atoms with Gasteiger partial charge >= 0.3 is 0 Å². The topological polar surface area (TPSA) is 109 Å². The summed E-state index contributed by atoms with van der Waals surface area (Å²) in [4.78, 5) is 36.3. The van der Waals surface area contributed by atoms with Crippen LogP contribution in [-0.2, 0) is 0 Å². The Hall–Kier alpha value is -4.46. The maximum absolute atomic E-state index is 13.2. The number of nitro benzene ring substituents is 1. The van der Waals surface area contributed by atoms with Gasteiger partial charge in [-0.1, -0.05) is 18.2 Å². The lowest BCUT2D eigenvalue weighted by atomic mass is 10.1. The van der Waals surface area contributed by atoms with E-state index >= 15 is 0 Å². The third-order valence-electron chi connectivity index (χ3n) is 5.08. The van der Waals surface area contributed by atoms with Crippen LogP contribution in [0.15, 0.2) is 75.9 Å². The number of rotatable bonds is 7. The largest absolute Gasteiger partial charge is 0.497 e. The summed E-state index contributed by atoms with van der Waals surface area (Å²) >= 11 is 0. The lowest BCUT2D eigenvalue weighted by Crippen LogP contribution is -2.17. The first-order valence-corrected chi connectivity index (χ1v) is 9.99. The predicted molar refractivity (Wildman–Crippen MR) is 122 cm³/mol. The quantitative estimate of drug-likeness (QED) is 0.225. The van der Waals surface area contributed by atoms with Crippen molar-refractivity contribution in [3.63, 3.8) is 0 Å². The number of hydrogen-bond acceptors (Lipinski definition) is 7. The van der Waals surface area contributed by atoms with Gasteiger partial charge in [0.05, 0.1) is 17.4 Å². The molecule has 4 aromatic rings. The molecule has 0 fully saturated rings. The van der Waals surface area contributed by atoms with Crippen molar-refractivity contribution >= 4 is 22.4 Å². The summed E-state index contributed by atoms with van der Waals surface area (Å²) in [5.74, 6) is 0.173. The standard InChI is InChI=1S/C25H19NO7/c1-15-6-11-20-22(12-15)33-24(16-7-9-19(31-2)10-8-16)25(23(20)28)32-14-21(27)17-4-3-5-18(13-17)26(29)30/h3-13H,14H2,1-2H3. The molecule has 0 saturated carbocycles. The first-order valence-electron chi connectivity index (χ1n) is 9.99. The average molecular weight is 445 g/mol. The van der Waals surface area contributed by atoms with Gasteiger partial charge in [-0.05, 0) is 48.9 Å². The molecule has 0 N–H and O–H groups in total. The summed E-state index contributed by atoms with van der Waals surface area (Å²) in [6.45, 7) is 1.39. The number of aryl methyl sites for hydroxylation is 1. The Balaban J connectivity index is 1.75. The van der Waals surface area contributed by atoms with Gasteiger partial charge in [-0.25, -0.2) is 0 Å². The number of nitrogens with zero attached hydrogens (tertiary/aromatic N) is 1. The second-order valence-electron chi connectivity index (χ2n) is 7.34. The maximum atomic E-state index is 13.2. The number of methoxy groups -OCH3 is 1. The fourth-order valence-corrected chi connectivity index (χ4v) is 3.36. The molecule has 0 aliphatic carbocycles. The molecule has 1 heterocycles. The molecule has 0 amide bonds. The molecule has 0 aliphatic heterocycles. The van der Waals surface area contributed by atoms with Gasteiger partial charge in [0.25, 0.3) is 5.69 Å². The molecule has 0 spiro atoms. The molecule has 8 nitrogen and oxygen atoms in total. The summed E-state index contributed by atoms with van der Waals surface area (Å²) in [7, 11) is 1.54. The summed E-state index contributed by atoms with van der Waals surface area (Å²) in [6, 6.07) is 17.4. The predicted octanol–water partition coefficient (Wildman–Crippen LogP) is 4.95. The van der Waals surface area contributed by atoms with Gasteiger partial charge in [0.1, 0.15) is 11.3 Å². The maximum Gasteiger partial charge on any atom is 0.270 e. The molecule has 1 aromatic heterocycles. The van der Waals surface area contributed by atoms with Crippen LogP contribution in [0.25, 0.3) is 22.3 Å². The fraction of sp³-hybridized carbons (Fsp3) is 0.120. The number of ketones is 1. The monoisotopic (exact) mass is 445 g/mol. The molecule has 0 bridgehead atoms. The lowest BCUT2D eigenvalue weighted by molar-refractivity contribution is -0.384. The van der Waals surface area contributed by atoms with Crippen molar-refractivity contribution in [2.75, 3.05) is 13.7 Å². The third kappa shape index (κ3) is 4.45. The van der Waals surface area contributed by atoms with Gasteiger partial charge in [-0.15, -0.1) is 0 Å². The van der Waals surface area contributed by atoms with Crippen LogP contribution in [0.5, 0.6) is 11.5 Å². The Kier molecular flexibility index (Phi) is 5.91. The zero-order chi connectivity index (χ0) is 23.5. The number of fused-ring (bicyclic) bond motifs is 1. The molecule has 166 valence electrons. The molecule has 8 heteroatoms. The van der Waals surface area contributed by atoms with Crippen LogP contribution in [0.1, 0.15) is 15.9 Å². The Bertz CT molecular complexity index is 1420. The number of ether oxygens (including phenoxy) is 2. The van der Waals surface area contributed by atoms with Crippen LogP contribution in [-0.4, -0.2) is 24.4 Å². The summed E-state index contributed by atoms with van der Waals surface area (Å²) < 4.78 is 16.9. The van der Waals surface area contributed by atoms with Crippen molar-refractivity contribution in [3.8, 4) is 22.8 Å². The zero-order valence-corrected chi connectivity index (χ0v) is 17.9. The van der Waals surface area contributed by atoms with E-state index in [-0.39, 0.29) is 22.8 Å². The first kappa shape index (κ1) is 21.8. The average Bonchev–Trinajstić information content (AvgIpc) is 2.83. The smallest absolute Gasteiger partial charge is 0.270 e. The molecular weight excluding hydrogens is 426 g/mol. The van der Waals surface area contributed by atoms with Crippen molar-refractivity contribution < 1.29 is 23.6 Å². The third-order valence-corrected chi connectivity index (χ3v) is 5.08. The number of benzene rings is 3. The number of carbonyl (C=O) groups excluding carboxylic acids is 1. The zero-order valence-electron chi connectivity index (χ0n) is 17.9. The van der Waals surface area contributed by atoms with Crippen LogP contribution in [0.4, 0.5) is 5.69 Å². The number of Topliss-reactive ketones (excluding diaryl/α,β-unsaturated/α-hetero) is 1. The van der Waals surface area contributed by atoms with E-state index in [2.05, 4.69) is 0 Å². The van der Waals surface area contributed by atoms with E-state index in [0.29, 0.717) is 22.3 Å². The molecule has 0 atom stereocenters. The van der Waals surface area contributed by atoms with Crippen LogP contribution in [0.3, 0.4) is 0 Å². The van der Waals surface area contributed by atoms with Crippen LogP contribution in [0.2, 0.25) is 0 Å². The molecule has 4 rings (SSSR count). The molecule has 0 radical (unpaired) electrons. The van der Waals surface area contributed by atoms with Crippen molar-refractivity contribution in [1.82, 2.24) is 0 Å². The van der Waals surface area contributed by atoms with Crippen molar-refractivity contribution in [1.29, 1.82) is 0 Å². The Labute approximate surface area is 188 Å². The van der Waals surface area contributed by atoms with Gasteiger partial charge in [-0.3, -0.25) is 19.7 Å². The molecule has 0 unspecified atom stereocenters. The van der Waals surface area contributed by atoms with E-state index in [1.165, 1.54) is 24.3 Å². The normalized spacial score (nSPS) is 10.7. The first-order chi connectivity index (χ1) is 15.9. The Morgan fingerprint density at radius 1 is 1.06 bits per heavy atom. The molecule has 0 saturated heterocycles. The van der Waals surface area contributed by atoms with Gasteiger partial charge in [-0.2, -0.15) is 0 Å². The lowest BCUT2D eigenvalue weighted by Gasteiger charge is -2.12. The highest BCUT2D eigenvalue weighted by Gasteiger charge is 2.20. The van der Waals surface area contributed by atoms with E-state index in [1.807, 2.05) is 6.92 Å². The minimum Gasteiger partial charge on any atom is -0.497 e. The van der Waals surface area contributed by atoms with Crippen LogP contribution in [0, 0.1) is 17.0 Å². The molecule has 0 aliphatic rings. The van der Waals surface area contributed by atoms with Gasteiger partial charge in [0, 0.05) is 23.3 Å². The van der Waals surface area contributed by atoms with Gasteiger partial charge < -0.3 is 13.9 Å². The molecule has 3 aromatic carbocycles. The van der Waals surface area contributed by atoms with Crippen molar-refractivity contribution in [3.05, 3.63) is 98.2 Å². The van der Waals surface area contributed by atoms with Crippen molar-refractivity contribution in [2.45, 2.75) is 6.92 Å². The Morgan fingerprint density at radius 3 is 2.52 bits per heavy atom. The summed E-state index contributed by atoms with van der Waals surface area (Å²) in [6.07, 6.45) is 0. The highest BCUT2D eigenvalue weighted by atomic mass is 16.6. The van der Waals surface area contributed by atoms with E-state index in [9.17, 15) is 19.7 Å². The van der Waals surface area contributed by atoms with Gasteiger partial charge in [0.15, 0.2) is 18.2 Å². The SMILES string of the molecule is COc1ccc(-c2oc3cc(C)ccc3c(=O)c2OCC(=O)c2cccc([N+](=O)[O-])c2)cc1. The fourth-order valence-electron chi connectivity index (χ4n) is 3.36. The highest BCUT2D eigenvalue weighted by Crippen LogP contribution is 2.32. The summed E-state index contributed by atoms with van der Waals surface area (Å²) in [5, 5.41) is 11.3. The number of non-ortho nitro benzene ring substituents is 1. The van der Waals surface area contributed by atoms with E-state index in [1.54, 1.807) is 49.6 Å². The second-order valence-corrected chi connectivity index (χ2v) is 7.34. The van der Waals surface area contributed by atoms with Crippen molar-refractivity contribution in [2.24, 2.45) is 0 Å². The van der Waals surface area contributed by atoms with E-state index in [0.717, 1.165) is 5.56 Å². The Morgan fingerprint density at radius 2 is 1.82 bits per heavy atom. The highest BCUT2D eigenvalue weighted by molar-refractivity contribution is 5.98.